The Morgan fingerprint density at radius 3 is 2.61 bits per heavy atom. The standard InChI is InChI=1S/C13H17F2N3/c14-11-8-4-7-10(12(11)15)13(18-16)17-9-5-2-1-3-6-9/h4,7-9H,1-3,5-6,16H2,(H,17,18). The second kappa shape index (κ2) is 5.91. The smallest absolute Gasteiger partial charge is 0.169 e. The van der Waals surface area contributed by atoms with Gasteiger partial charge in [-0.05, 0) is 25.0 Å². The summed E-state index contributed by atoms with van der Waals surface area (Å²) in [5.41, 5.74) is 2.46. The van der Waals surface area contributed by atoms with Crippen LogP contribution in [0.25, 0.3) is 0 Å². The van der Waals surface area contributed by atoms with Crippen LogP contribution in [-0.2, 0) is 0 Å². The largest absolute Gasteiger partial charge is 0.308 e. The molecule has 1 fully saturated rings. The Hall–Kier alpha value is -1.49. The predicted molar refractivity (Wildman–Crippen MR) is 67.1 cm³/mol. The molecule has 1 aromatic rings. The van der Waals surface area contributed by atoms with E-state index in [0.717, 1.165) is 31.7 Å². The van der Waals surface area contributed by atoms with E-state index in [4.69, 9.17) is 5.84 Å². The van der Waals surface area contributed by atoms with Crippen LogP contribution >= 0.6 is 0 Å². The molecule has 0 heterocycles. The molecule has 2 rings (SSSR count). The molecule has 18 heavy (non-hydrogen) atoms. The molecule has 98 valence electrons. The van der Waals surface area contributed by atoms with Crippen LogP contribution in [-0.4, -0.2) is 11.9 Å². The number of halogens is 2. The summed E-state index contributed by atoms with van der Waals surface area (Å²) in [6.45, 7) is 0. The quantitative estimate of drug-likeness (QED) is 0.368. The third-order valence-corrected chi connectivity index (χ3v) is 3.23. The van der Waals surface area contributed by atoms with Gasteiger partial charge in [-0.3, -0.25) is 4.99 Å². The number of aliphatic imine (C=N–C) groups is 1. The lowest BCUT2D eigenvalue weighted by Gasteiger charge is -2.19. The number of amidine groups is 1. The van der Waals surface area contributed by atoms with Gasteiger partial charge in [0.1, 0.15) is 5.84 Å². The van der Waals surface area contributed by atoms with Gasteiger partial charge in [-0.2, -0.15) is 0 Å². The highest BCUT2D eigenvalue weighted by Crippen LogP contribution is 2.21. The van der Waals surface area contributed by atoms with E-state index in [0.29, 0.717) is 0 Å². The van der Waals surface area contributed by atoms with Crippen molar-refractivity contribution in [2.75, 3.05) is 0 Å². The molecule has 1 aliphatic carbocycles. The van der Waals surface area contributed by atoms with Crippen molar-refractivity contribution in [1.82, 2.24) is 5.43 Å². The number of nitrogens with one attached hydrogen (secondary N) is 1. The Kier molecular flexibility index (Phi) is 4.25. The highest BCUT2D eigenvalue weighted by Gasteiger charge is 2.16. The first-order valence-corrected chi connectivity index (χ1v) is 6.21. The second-order valence-electron chi connectivity index (χ2n) is 4.52. The molecule has 0 radical (unpaired) electrons. The minimum absolute atomic E-state index is 0.0862. The van der Waals surface area contributed by atoms with E-state index in [2.05, 4.69) is 10.4 Å². The summed E-state index contributed by atoms with van der Waals surface area (Å²) in [5, 5.41) is 0. The van der Waals surface area contributed by atoms with Gasteiger partial charge in [-0.25, -0.2) is 14.6 Å². The van der Waals surface area contributed by atoms with Crippen LogP contribution in [0, 0.1) is 11.6 Å². The molecule has 1 saturated carbocycles. The first kappa shape index (κ1) is 13.0. The molecule has 1 aliphatic rings. The normalized spacial score (nSPS) is 17.8. The summed E-state index contributed by atoms with van der Waals surface area (Å²) >= 11 is 0. The minimum atomic E-state index is -0.912. The maximum Gasteiger partial charge on any atom is 0.169 e. The van der Waals surface area contributed by atoms with Gasteiger partial charge < -0.3 is 5.43 Å². The maximum atomic E-state index is 13.6. The van der Waals surface area contributed by atoms with Crippen molar-refractivity contribution in [1.29, 1.82) is 0 Å². The van der Waals surface area contributed by atoms with Crippen LogP contribution in [0.4, 0.5) is 8.78 Å². The average molecular weight is 253 g/mol. The maximum absolute atomic E-state index is 13.6. The van der Waals surface area contributed by atoms with E-state index in [1.54, 1.807) is 0 Å². The zero-order valence-corrected chi connectivity index (χ0v) is 10.1. The van der Waals surface area contributed by atoms with E-state index in [-0.39, 0.29) is 17.4 Å². The summed E-state index contributed by atoms with van der Waals surface area (Å²) in [6.07, 6.45) is 5.41. The molecule has 0 aromatic heterocycles. The van der Waals surface area contributed by atoms with Gasteiger partial charge in [0.25, 0.3) is 0 Å². The highest BCUT2D eigenvalue weighted by molar-refractivity contribution is 5.98. The van der Waals surface area contributed by atoms with Crippen molar-refractivity contribution >= 4 is 5.84 Å². The van der Waals surface area contributed by atoms with Crippen molar-refractivity contribution in [3.63, 3.8) is 0 Å². The van der Waals surface area contributed by atoms with E-state index in [1.807, 2.05) is 0 Å². The third kappa shape index (κ3) is 2.85. The van der Waals surface area contributed by atoms with Crippen LogP contribution < -0.4 is 11.3 Å². The second-order valence-corrected chi connectivity index (χ2v) is 4.52. The summed E-state index contributed by atoms with van der Waals surface area (Å²) in [6, 6.07) is 4.14. The fraction of sp³-hybridized carbons (Fsp3) is 0.462. The van der Waals surface area contributed by atoms with Gasteiger partial charge in [0, 0.05) is 0 Å². The molecule has 0 aliphatic heterocycles. The Morgan fingerprint density at radius 2 is 1.94 bits per heavy atom. The third-order valence-electron chi connectivity index (χ3n) is 3.23. The molecule has 5 heteroatoms. The SMILES string of the molecule is NNC(=NC1CCCCC1)c1cccc(F)c1F. The molecule has 0 atom stereocenters. The topological polar surface area (TPSA) is 50.4 Å². The number of hydrogen-bond acceptors (Lipinski definition) is 2. The average Bonchev–Trinajstić information content (AvgIpc) is 2.41. The number of rotatable bonds is 2. The summed E-state index contributed by atoms with van der Waals surface area (Å²) in [4.78, 5) is 4.40. The van der Waals surface area contributed by atoms with Crippen LogP contribution in [0.15, 0.2) is 23.2 Å². The van der Waals surface area contributed by atoms with E-state index < -0.39 is 11.6 Å². The van der Waals surface area contributed by atoms with E-state index in [9.17, 15) is 8.78 Å². The molecular formula is C13H17F2N3. The number of nitrogens with two attached hydrogens (primary N) is 1. The lowest BCUT2D eigenvalue weighted by molar-refractivity contribution is 0.442. The first-order chi connectivity index (χ1) is 8.72. The fourth-order valence-electron chi connectivity index (χ4n) is 2.26. The Labute approximate surface area is 105 Å². The highest BCUT2D eigenvalue weighted by atomic mass is 19.2. The monoisotopic (exact) mass is 253 g/mol. The van der Waals surface area contributed by atoms with Crippen molar-refractivity contribution in [3.8, 4) is 0 Å². The Balaban J connectivity index is 2.26. The zero-order valence-electron chi connectivity index (χ0n) is 10.1. The van der Waals surface area contributed by atoms with Crippen LogP contribution in [0.1, 0.15) is 37.7 Å². The summed E-state index contributed by atoms with van der Waals surface area (Å²) in [5.74, 6) is 3.79. The fourth-order valence-corrected chi connectivity index (χ4v) is 2.26. The van der Waals surface area contributed by atoms with Gasteiger partial charge in [-0.1, -0.05) is 25.3 Å². The van der Waals surface area contributed by atoms with Gasteiger partial charge in [0.15, 0.2) is 11.6 Å². The van der Waals surface area contributed by atoms with Crippen molar-refractivity contribution in [3.05, 3.63) is 35.4 Å². The molecule has 1 aromatic carbocycles. The molecule has 0 saturated heterocycles. The van der Waals surface area contributed by atoms with Gasteiger partial charge in [0.05, 0.1) is 11.6 Å². The number of hydrazine groups is 1. The number of nitrogens with zero attached hydrogens (tertiary/aromatic N) is 1. The van der Waals surface area contributed by atoms with Crippen molar-refractivity contribution < 1.29 is 8.78 Å². The van der Waals surface area contributed by atoms with Crippen molar-refractivity contribution in [2.45, 2.75) is 38.1 Å². The molecule has 0 bridgehead atoms. The molecule has 0 unspecified atom stereocenters. The van der Waals surface area contributed by atoms with Crippen LogP contribution in [0.5, 0.6) is 0 Å². The zero-order chi connectivity index (χ0) is 13.0. The van der Waals surface area contributed by atoms with E-state index >= 15 is 0 Å². The van der Waals surface area contributed by atoms with Crippen LogP contribution in [0.2, 0.25) is 0 Å². The predicted octanol–water partition coefficient (Wildman–Crippen LogP) is 2.51. The lowest BCUT2D eigenvalue weighted by Crippen LogP contribution is -2.33. The lowest BCUT2D eigenvalue weighted by atomic mass is 9.96. The number of benzene rings is 1. The Morgan fingerprint density at radius 1 is 1.22 bits per heavy atom. The molecule has 3 N–H and O–H groups in total. The molecule has 3 nitrogen and oxygen atoms in total. The number of hydrogen-bond donors (Lipinski definition) is 2. The minimum Gasteiger partial charge on any atom is -0.308 e. The summed E-state index contributed by atoms with van der Waals surface area (Å²) in [7, 11) is 0. The van der Waals surface area contributed by atoms with Gasteiger partial charge >= 0.3 is 0 Å². The first-order valence-electron chi connectivity index (χ1n) is 6.21. The van der Waals surface area contributed by atoms with Crippen molar-refractivity contribution in [2.24, 2.45) is 10.8 Å². The molecular weight excluding hydrogens is 236 g/mol. The molecule has 0 amide bonds. The van der Waals surface area contributed by atoms with Gasteiger partial charge in [0.2, 0.25) is 0 Å². The van der Waals surface area contributed by atoms with Crippen LogP contribution in [0.3, 0.4) is 0 Å². The van der Waals surface area contributed by atoms with E-state index in [1.165, 1.54) is 18.6 Å². The Bertz CT molecular complexity index is 440. The summed E-state index contributed by atoms with van der Waals surface area (Å²) < 4.78 is 26.8. The molecule has 0 spiro atoms. The van der Waals surface area contributed by atoms with Gasteiger partial charge in [-0.15, -0.1) is 0 Å².